The number of hydrogen-bond donors (Lipinski definition) is 1. The van der Waals surface area contributed by atoms with Crippen LogP contribution in [-0.4, -0.2) is 17.6 Å². The van der Waals surface area contributed by atoms with Crippen LogP contribution in [0, 0.1) is 0 Å². The van der Waals surface area contributed by atoms with Gasteiger partial charge in [-0.3, -0.25) is 0 Å². The summed E-state index contributed by atoms with van der Waals surface area (Å²) in [5, 5.41) is 0. The van der Waals surface area contributed by atoms with Crippen molar-refractivity contribution in [3.63, 3.8) is 0 Å². The minimum atomic E-state index is 0. The van der Waals surface area contributed by atoms with E-state index in [4.69, 9.17) is 4.74 Å². The standard InChI is InChI=1S/C9H8O.H3N.Si/c1-2-6-9-8(4-1)5-3-7-10-9;;/h1-6H,7H2;1H3;. The fourth-order valence-corrected chi connectivity index (χ4v) is 1.06. The van der Waals surface area contributed by atoms with Gasteiger partial charge in [-0.1, -0.05) is 24.3 Å². The first kappa shape index (κ1) is 10.9. The highest BCUT2D eigenvalue weighted by Gasteiger charge is 2.01. The van der Waals surface area contributed by atoms with Crippen molar-refractivity contribution in [2.75, 3.05) is 6.61 Å². The van der Waals surface area contributed by atoms with Gasteiger partial charge in [0.2, 0.25) is 0 Å². The molecule has 0 aliphatic carbocycles. The van der Waals surface area contributed by atoms with Crippen LogP contribution in [0.15, 0.2) is 30.3 Å². The summed E-state index contributed by atoms with van der Waals surface area (Å²) in [6, 6.07) is 8.03. The Morgan fingerprint density at radius 1 is 1.17 bits per heavy atom. The average Bonchev–Trinajstić information content (AvgIpc) is 2.05. The first-order valence-electron chi connectivity index (χ1n) is 3.35. The molecule has 0 atom stereocenters. The Hall–Kier alpha value is -1.06. The molecule has 12 heavy (non-hydrogen) atoms. The number of ether oxygens (including phenoxy) is 1. The largest absolute Gasteiger partial charge is 0.489 e. The Morgan fingerprint density at radius 2 is 1.92 bits per heavy atom. The van der Waals surface area contributed by atoms with E-state index in [0.717, 1.165) is 5.75 Å². The first-order valence-corrected chi connectivity index (χ1v) is 3.35. The molecule has 2 nitrogen and oxygen atoms in total. The van der Waals surface area contributed by atoms with Crippen LogP contribution in [0.3, 0.4) is 0 Å². The van der Waals surface area contributed by atoms with Crippen LogP contribution in [0.25, 0.3) is 6.08 Å². The zero-order chi connectivity index (χ0) is 6.81. The summed E-state index contributed by atoms with van der Waals surface area (Å²) in [4.78, 5) is 0. The molecule has 0 saturated heterocycles. The van der Waals surface area contributed by atoms with Crippen molar-refractivity contribution >= 4 is 17.0 Å². The Labute approximate surface area is 76.9 Å². The lowest BCUT2D eigenvalue weighted by molar-refractivity contribution is 0.358. The second kappa shape index (κ2) is 4.74. The van der Waals surface area contributed by atoms with E-state index >= 15 is 0 Å². The topological polar surface area (TPSA) is 44.2 Å². The van der Waals surface area contributed by atoms with Gasteiger partial charge in [-0.25, -0.2) is 0 Å². The zero-order valence-electron chi connectivity index (χ0n) is 6.79. The highest BCUT2D eigenvalue weighted by molar-refractivity contribution is 5.75. The lowest BCUT2D eigenvalue weighted by atomic mass is 10.1. The van der Waals surface area contributed by atoms with Crippen molar-refractivity contribution in [2.24, 2.45) is 0 Å². The molecule has 0 fully saturated rings. The molecule has 0 saturated carbocycles. The summed E-state index contributed by atoms with van der Waals surface area (Å²) in [6.45, 7) is 0.705. The Morgan fingerprint density at radius 3 is 2.67 bits per heavy atom. The molecule has 1 aromatic rings. The third-order valence-corrected chi connectivity index (χ3v) is 1.55. The van der Waals surface area contributed by atoms with E-state index in [-0.39, 0.29) is 17.1 Å². The highest BCUT2D eigenvalue weighted by atomic mass is 28.1. The third kappa shape index (κ3) is 1.96. The Bertz CT molecular complexity index is 273. The van der Waals surface area contributed by atoms with Crippen molar-refractivity contribution in [1.82, 2.24) is 6.15 Å². The van der Waals surface area contributed by atoms with Crippen molar-refractivity contribution in [3.8, 4) is 5.75 Å². The predicted molar refractivity (Wildman–Crippen MR) is 51.7 cm³/mol. The molecule has 0 bridgehead atoms. The fourth-order valence-electron chi connectivity index (χ4n) is 1.06. The molecule has 1 heterocycles. The summed E-state index contributed by atoms with van der Waals surface area (Å²) in [6.07, 6.45) is 4.10. The molecule has 1 aromatic carbocycles. The van der Waals surface area contributed by atoms with E-state index in [1.54, 1.807) is 0 Å². The van der Waals surface area contributed by atoms with Gasteiger partial charge in [0.1, 0.15) is 12.4 Å². The number of fused-ring (bicyclic) bond motifs is 1. The molecule has 0 unspecified atom stereocenters. The van der Waals surface area contributed by atoms with Gasteiger partial charge in [0.05, 0.1) is 0 Å². The maximum absolute atomic E-state index is 5.34. The van der Waals surface area contributed by atoms with Crippen molar-refractivity contribution < 1.29 is 4.74 Å². The average molecular weight is 177 g/mol. The van der Waals surface area contributed by atoms with Crippen LogP contribution < -0.4 is 10.9 Å². The monoisotopic (exact) mass is 177 g/mol. The Kier molecular flexibility index (Phi) is 4.32. The van der Waals surface area contributed by atoms with E-state index in [2.05, 4.69) is 6.08 Å². The first-order chi connectivity index (χ1) is 4.97. The summed E-state index contributed by atoms with van der Waals surface area (Å²) in [7, 11) is 0. The van der Waals surface area contributed by atoms with Gasteiger partial charge in [0.15, 0.2) is 0 Å². The Balaban J connectivity index is 0.000000605. The lowest BCUT2D eigenvalue weighted by Gasteiger charge is -2.10. The van der Waals surface area contributed by atoms with E-state index < -0.39 is 0 Å². The summed E-state index contributed by atoms with van der Waals surface area (Å²) in [5.74, 6) is 0.991. The van der Waals surface area contributed by atoms with Crippen molar-refractivity contribution in [3.05, 3.63) is 35.9 Å². The third-order valence-electron chi connectivity index (χ3n) is 1.55. The fraction of sp³-hybridized carbons (Fsp3) is 0.111. The second-order valence-corrected chi connectivity index (χ2v) is 2.25. The number of hydrogen-bond acceptors (Lipinski definition) is 2. The van der Waals surface area contributed by atoms with Crippen LogP contribution in [0.4, 0.5) is 0 Å². The van der Waals surface area contributed by atoms with Crippen LogP contribution in [-0.2, 0) is 0 Å². The molecule has 0 aromatic heterocycles. The van der Waals surface area contributed by atoms with Gasteiger partial charge in [-0.15, -0.1) is 0 Å². The van der Waals surface area contributed by atoms with Gasteiger partial charge < -0.3 is 10.9 Å². The molecule has 0 spiro atoms. The van der Waals surface area contributed by atoms with E-state index in [1.807, 2.05) is 30.3 Å². The molecule has 62 valence electrons. The highest BCUT2D eigenvalue weighted by Crippen LogP contribution is 2.21. The number of benzene rings is 1. The second-order valence-electron chi connectivity index (χ2n) is 2.25. The number of para-hydroxylation sites is 1. The van der Waals surface area contributed by atoms with Crippen LogP contribution in [0.5, 0.6) is 5.75 Å². The zero-order valence-corrected chi connectivity index (χ0v) is 7.79. The van der Waals surface area contributed by atoms with Crippen LogP contribution in [0.1, 0.15) is 5.56 Å². The summed E-state index contributed by atoms with van der Waals surface area (Å²) < 4.78 is 5.34. The molecule has 4 radical (unpaired) electrons. The summed E-state index contributed by atoms with van der Waals surface area (Å²) in [5.41, 5.74) is 1.17. The van der Waals surface area contributed by atoms with E-state index in [9.17, 15) is 0 Å². The minimum Gasteiger partial charge on any atom is -0.489 e. The SMILES string of the molecule is C1=Cc2ccccc2OC1.N.[Si]. The lowest BCUT2D eigenvalue weighted by Crippen LogP contribution is -1.98. The van der Waals surface area contributed by atoms with Crippen LogP contribution >= 0.6 is 0 Å². The molecule has 3 N–H and O–H groups in total. The van der Waals surface area contributed by atoms with Gasteiger partial charge >= 0.3 is 0 Å². The molecule has 1 aliphatic heterocycles. The van der Waals surface area contributed by atoms with Gasteiger partial charge in [0, 0.05) is 16.5 Å². The quantitative estimate of drug-likeness (QED) is 0.615. The van der Waals surface area contributed by atoms with E-state index in [1.165, 1.54) is 5.56 Å². The molecule has 0 amide bonds. The van der Waals surface area contributed by atoms with Gasteiger partial charge in [-0.2, -0.15) is 0 Å². The molecule has 2 rings (SSSR count). The van der Waals surface area contributed by atoms with Gasteiger partial charge in [0.25, 0.3) is 0 Å². The smallest absolute Gasteiger partial charge is 0.126 e. The normalized spacial score (nSPS) is 11.7. The molecular formula is C9H11NOSi. The molecular weight excluding hydrogens is 166 g/mol. The predicted octanol–water partition coefficient (Wildman–Crippen LogP) is 1.87. The minimum absolute atomic E-state index is 0. The molecule has 1 aliphatic rings. The van der Waals surface area contributed by atoms with Crippen LogP contribution in [0.2, 0.25) is 0 Å². The summed E-state index contributed by atoms with van der Waals surface area (Å²) >= 11 is 0. The van der Waals surface area contributed by atoms with Crippen molar-refractivity contribution in [1.29, 1.82) is 0 Å². The maximum Gasteiger partial charge on any atom is 0.126 e. The number of rotatable bonds is 0. The van der Waals surface area contributed by atoms with E-state index in [0.29, 0.717) is 6.61 Å². The maximum atomic E-state index is 5.34. The van der Waals surface area contributed by atoms with Crippen molar-refractivity contribution in [2.45, 2.75) is 0 Å². The molecule has 3 heteroatoms. The van der Waals surface area contributed by atoms with Gasteiger partial charge in [-0.05, 0) is 12.1 Å².